The van der Waals surface area contributed by atoms with Gasteiger partial charge in [-0.1, -0.05) is 12.8 Å². The molecular formula is C28H37N7O2. The highest BCUT2D eigenvalue weighted by Gasteiger charge is 2.44. The van der Waals surface area contributed by atoms with Gasteiger partial charge in [0.05, 0.1) is 18.1 Å². The van der Waals surface area contributed by atoms with Gasteiger partial charge in [-0.05, 0) is 65.1 Å². The third-order valence-corrected chi connectivity index (χ3v) is 9.08. The van der Waals surface area contributed by atoms with Gasteiger partial charge in [0.2, 0.25) is 0 Å². The number of Topliss-reactive ketones (excluding diaryl/α,β-unsaturated/α-hetero) is 1. The van der Waals surface area contributed by atoms with Crippen molar-refractivity contribution < 1.29 is 9.90 Å². The lowest BCUT2D eigenvalue weighted by Gasteiger charge is -2.41. The van der Waals surface area contributed by atoms with Gasteiger partial charge < -0.3 is 20.2 Å². The summed E-state index contributed by atoms with van der Waals surface area (Å²) in [7, 11) is 2.24. The lowest BCUT2D eigenvalue weighted by molar-refractivity contribution is -0.114. The first-order chi connectivity index (χ1) is 17.9. The van der Waals surface area contributed by atoms with Crippen LogP contribution < -0.4 is 15.1 Å². The van der Waals surface area contributed by atoms with Crippen LogP contribution in [0.1, 0.15) is 64.4 Å². The Labute approximate surface area is 218 Å². The molecule has 2 aromatic heterocycles. The molecule has 4 aliphatic rings. The monoisotopic (exact) mass is 503 g/mol. The molecule has 196 valence electrons. The van der Waals surface area contributed by atoms with Crippen molar-refractivity contribution in [3.05, 3.63) is 35.8 Å². The first-order valence-corrected chi connectivity index (χ1v) is 13.6. The summed E-state index contributed by atoms with van der Waals surface area (Å²) in [5.41, 5.74) is 3.36. The molecule has 1 saturated carbocycles. The number of aromatic nitrogens is 3. The molecule has 0 radical (unpaired) electrons. The SMILES string of the molecule is CC(=O)C1=C(C)c2cnc(Nc3cnc(N4CCC5(CCCN5C)C4)cn3)cc2N(C2CCCC2)C1O. The number of rotatable bonds is 5. The number of aliphatic hydroxyl groups is 1. The zero-order valence-corrected chi connectivity index (χ0v) is 22.1. The van der Waals surface area contributed by atoms with Crippen LogP contribution in [0.25, 0.3) is 5.57 Å². The largest absolute Gasteiger partial charge is 0.369 e. The molecule has 2 atom stereocenters. The molecule has 2 aromatic rings. The number of anilines is 4. The number of fused-ring (bicyclic) bond motifs is 1. The number of hydrogen-bond acceptors (Lipinski definition) is 9. The number of carbonyl (C=O) groups excluding carboxylic acids is 1. The lowest BCUT2D eigenvalue weighted by Crippen LogP contribution is -2.47. The zero-order chi connectivity index (χ0) is 25.7. The molecule has 3 aliphatic heterocycles. The summed E-state index contributed by atoms with van der Waals surface area (Å²) in [6.45, 7) is 6.62. The summed E-state index contributed by atoms with van der Waals surface area (Å²) in [6.07, 6.45) is 12.4. The molecule has 5 heterocycles. The first kappa shape index (κ1) is 24.3. The molecule has 1 spiro atoms. The van der Waals surface area contributed by atoms with Crippen molar-refractivity contribution in [2.45, 2.75) is 76.6 Å². The van der Waals surface area contributed by atoms with E-state index in [9.17, 15) is 9.90 Å². The summed E-state index contributed by atoms with van der Waals surface area (Å²) in [5, 5.41) is 14.6. The van der Waals surface area contributed by atoms with E-state index < -0.39 is 6.23 Å². The minimum absolute atomic E-state index is 0.0975. The Balaban J connectivity index is 1.23. The molecule has 2 unspecified atom stereocenters. The fourth-order valence-electron chi connectivity index (χ4n) is 6.97. The fourth-order valence-corrected chi connectivity index (χ4v) is 6.97. The molecule has 0 aromatic carbocycles. The van der Waals surface area contributed by atoms with Gasteiger partial charge in [-0.25, -0.2) is 15.0 Å². The third kappa shape index (κ3) is 4.18. The Morgan fingerprint density at radius 3 is 2.51 bits per heavy atom. The predicted molar refractivity (Wildman–Crippen MR) is 145 cm³/mol. The number of pyridine rings is 1. The zero-order valence-electron chi connectivity index (χ0n) is 22.1. The van der Waals surface area contributed by atoms with E-state index in [2.05, 4.69) is 32.1 Å². The van der Waals surface area contributed by atoms with Gasteiger partial charge in [0.25, 0.3) is 0 Å². The molecule has 6 rings (SSSR count). The smallest absolute Gasteiger partial charge is 0.160 e. The fraction of sp³-hybridized carbons (Fsp3) is 0.571. The summed E-state index contributed by atoms with van der Waals surface area (Å²) in [6, 6.07) is 2.17. The van der Waals surface area contributed by atoms with Gasteiger partial charge in [0, 0.05) is 48.1 Å². The minimum Gasteiger partial charge on any atom is -0.369 e. The lowest BCUT2D eigenvalue weighted by atomic mass is 9.91. The van der Waals surface area contributed by atoms with Crippen LogP contribution >= 0.6 is 0 Å². The normalized spacial score (nSPS) is 26.4. The number of aliphatic hydroxyl groups excluding tert-OH is 1. The third-order valence-electron chi connectivity index (χ3n) is 9.08. The maximum absolute atomic E-state index is 12.4. The Morgan fingerprint density at radius 2 is 1.84 bits per heavy atom. The first-order valence-electron chi connectivity index (χ1n) is 13.6. The van der Waals surface area contributed by atoms with Crippen LogP contribution in [-0.4, -0.2) is 75.2 Å². The number of allylic oxidation sites excluding steroid dienone is 1. The van der Waals surface area contributed by atoms with Crippen LogP contribution in [0.2, 0.25) is 0 Å². The maximum atomic E-state index is 12.4. The van der Waals surface area contributed by atoms with Crippen LogP contribution in [0.5, 0.6) is 0 Å². The quantitative estimate of drug-likeness (QED) is 0.632. The van der Waals surface area contributed by atoms with Crippen LogP contribution in [0.3, 0.4) is 0 Å². The van der Waals surface area contributed by atoms with E-state index in [0.717, 1.165) is 61.4 Å². The van der Waals surface area contributed by atoms with Crippen LogP contribution in [0.15, 0.2) is 30.2 Å². The molecule has 2 saturated heterocycles. The Bertz CT molecular complexity index is 1220. The van der Waals surface area contributed by atoms with E-state index in [4.69, 9.17) is 4.98 Å². The van der Waals surface area contributed by atoms with Crippen molar-refractivity contribution in [3.8, 4) is 0 Å². The van der Waals surface area contributed by atoms with Crippen LogP contribution in [-0.2, 0) is 4.79 Å². The molecule has 2 N–H and O–H groups in total. The molecule has 1 aliphatic carbocycles. The number of hydrogen-bond donors (Lipinski definition) is 2. The Morgan fingerprint density at radius 1 is 1.05 bits per heavy atom. The van der Waals surface area contributed by atoms with Crippen molar-refractivity contribution in [3.63, 3.8) is 0 Å². The van der Waals surface area contributed by atoms with Gasteiger partial charge in [-0.2, -0.15) is 0 Å². The second-order valence-corrected chi connectivity index (χ2v) is 11.2. The van der Waals surface area contributed by atoms with E-state index in [1.54, 1.807) is 12.4 Å². The number of nitrogens with zero attached hydrogens (tertiary/aromatic N) is 6. The maximum Gasteiger partial charge on any atom is 0.160 e. The molecule has 0 bridgehead atoms. The molecule has 37 heavy (non-hydrogen) atoms. The molecule has 3 fully saturated rings. The number of likely N-dealkylation sites (tertiary alicyclic amines) is 1. The number of likely N-dealkylation sites (N-methyl/N-ethyl adjacent to an activating group) is 1. The van der Waals surface area contributed by atoms with Crippen LogP contribution in [0.4, 0.5) is 23.1 Å². The number of carbonyl (C=O) groups is 1. The van der Waals surface area contributed by atoms with Crippen molar-refractivity contribution in [1.82, 2.24) is 19.9 Å². The average Bonchev–Trinajstić information content (AvgIpc) is 3.63. The van der Waals surface area contributed by atoms with E-state index in [-0.39, 0.29) is 17.4 Å². The molecular weight excluding hydrogens is 466 g/mol. The van der Waals surface area contributed by atoms with E-state index in [1.165, 1.54) is 32.7 Å². The van der Waals surface area contributed by atoms with Gasteiger partial charge >= 0.3 is 0 Å². The van der Waals surface area contributed by atoms with Gasteiger partial charge in [0.1, 0.15) is 17.5 Å². The predicted octanol–water partition coefficient (Wildman–Crippen LogP) is 3.73. The van der Waals surface area contributed by atoms with Crippen LogP contribution in [0, 0.1) is 0 Å². The Hall–Kier alpha value is -3.04. The topological polar surface area (TPSA) is 97.7 Å². The van der Waals surface area contributed by atoms with E-state index in [0.29, 0.717) is 17.2 Å². The highest BCUT2D eigenvalue weighted by molar-refractivity contribution is 6.05. The van der Waals surface area contributed by atoms with E-state index >= 15 is 0 Å². The highest BCUT2D eigenvalue weighted by atomic mass is 16.3. The standard InChI is InChI=1S/C28H37N7O2/c1-18-21-14-29-23(13-22(21)35(20-7-4-5-8-20)27(37)26(18)19(2)36)32-24-15-31-25(16-30-24)34-12-10-28(17-34)9-6-11-33(28)3/h13-16,20,27,37H,4-12,17H2,1-3H3,(H,29,30,32). The van der Waals surface area contributed by atoms with E-state index in [1.807, 2.05) is 24.1 Å². The number of nitrogens with one attached hydrogen (secondary N) is 1. The summed E-state index contributed by atoms with van der Waals surface area (Å²) >= 11 is 0. The molecule has 9 heteroatoms. The number of ketones is 1. The minimum atomic E-state index is -0.940. The Kier molecular flexibility index (Phi) is 6.15. The molecule has 0 amide bonds. The summed E-state index contributed by atoms with van der Waals surface area (Å²) in [5.74, 6) is 2.08. The van der Waals surface area contributed by atoms with Gasteiger partial charge in [0.15, 0.2) is 12.0 Å². The second-order valence-electron chi connectivity index (χ2n) is 11.2. The average molecular weight is 504 g/mol. The van der Waals surface area contributed by atoms with Crippen molar-refractivity contribution in [1.29, 1.82) is 0 Å². The highest BCUT2D eigenvalue weighted by Crippen LogP contribution is 2.42. The summed E-state index contributed by atoms with van der Waals surface area (Å²) in [4.78, 5) is 33.3. The summed E-state index contributed by atoms with van der Waals surface area (Å²) < 4.78 is 0. The van der Waals surface area contributed by atoms with Crippen molar-refractivity contribution >= 4 is 34.5 Å². The van der Waals surface area contributed by atoms with Gasteiger partial charge in [-0.15, -0.1) is 0 Å². The second kappa shape index (κ2) is 9.36. The van der Waals surface area contributed by atoms with Crippen molar-refractivity contribution in [2.75, 3.05) is 41.8 Å². The van der Waals surface area contributed by atoms with Crippen molar-refractivity contribution in [2.24, 2.45) is 0 Å². The van der Waals surface area contributed by atoms with Gasteiger partial charge in [-0.3, -0.25) is 9.69 Å². The molecule has 9 nitrogen and oxygen atoms in total.